The fraction of sp³-hybridized carbons (Fsp3) is 0.214. The lowest BCUT2D eigenvalue weighted by Crippen LogP contribution is -2.02. The third-order valence-corrected chi connectivity index (χ3v) is 3.40. The molecule has 0 aliphatic rings. The quantitative estimate of drug-likeness (QED) is 0.784. The predicted octanol–water partition coefficient (Wildman–Crippen LogP) is 3.45. The van der Waals surface area contributed by atoms with Gasteiger partial charge in [0, 0.05) is 22.5 Å². The molecule has 102 valence electrons. The zero-order valence-electron chi connectivity index (χ0n) is 11.5. The monoisotopic (exact) mass is 287 g/mol. The van der Waals surface area contributed by atoms with Crippen LogP contribution in [-0.4, -0.2) is 19.6 Å². The van der Waals surface area contributed by atoms with Crippen molar-refractivity contribution in [3.05, 3.63) is 46.4 Å². The Labute approximate surface area is 121 Å². The highest BCUT2D eigenvalue weighted by Gasteiger charge is 2.08. The largest absolute Gasteiger partial charge is 0.340 e. The molecule has 0 radical (unpaired) electrons. The van der Waals surface area contributed by atoms with Crippen molar-refractivity contribution in [3.8, 4) is 0 Å². The van der Waals surface area contributed by atoms with E-state index in [1.54, 1.807) is 4.52 Å². The van der Waals surface area contributed by atoms with Crippen LogP contribution in [0.25, 0.3) is 5.78 Å². The second kappa shape index (κ2) is 4.76. The number of nitrogens with one attached hydrogen (secondary N) is 1. The summed E-state index contributed by atoms with van der Waals surface area (Å²) in [5, 5.41) is 8.37. The third kappa shape index (κ3) is 2.32. The number of halogens is 1. The average Bonchev–Trinajstić information content (AvgIpc) is 2.74. The van der Waals surface area contributed by atoms with Crippen LogP contribution in [0.5, 0.6) is 0 Å². The molecule has 0 unspecified atom stereocenters. The molecular weight excluding hydrogens is 274 g/mol. The van der Waals surface area contributed by atoms with Gasteiger partial charge in [0.1, 0.15) is 11.6 Å². The standard InChI is InChI=1S/C14H14ClN5/c1-8-4-5-11(7-12(8)15)18-13-6-9(2)16-14-17-10(3)19-20(13)14/h4-7,18H,1-3H3. The number of rotatable bonds is 2. The Balaban J connectivity index is 2.07. The summed E-state index contributed by atoms with van der Waals surface area (Å²) >= 11 is 6.15. The van der Waals surface area contributed by atoms with Gasteiger partial charge in [0.15, 0.2) is 0 Å². The van der Waals surface area contributed by atoms with E-state index in [9.17, 15) is 0 Å². The number of nitrogens with zero attached hydrogens (tertiary/aromatic N) is 4. The molecule has 1 aromatic carbocycles. The summed E-state index contributed by atoms with van der Waals surface area (Å²) in [4.78, 5) is 8.64. The zero-order chi connectivity index (χ0) is 14.3. The molecule has 0 saturated heterocycles. The maximum absolute atomic E-state index is 6.15. The highest BCUT2D eigenvalue weighted by atomic mass is 35.5. The van der Waals surface area contributed by atoms with Gasteiger partial charge in [-0.2, -0.15) is 9.50 Å². The Morgan fingerprint density at radius 1 is 1.10 bits per heavy atom. The number of benzene rings is 1. The minimum atomic E-state index is 0.586. The summed E-state index contributed by atoms with van der Waals surface area (Å²) in [6.07, 6.45) is 0. The van der Waals surface area contributed by atoms with Crippen LogP contribution < -0.4 is 5.32 Å². The number of aromatic nitrogens is 4. The Morgan fingerprint density at radius 2 is 1.90 bits per heavy atom. The average molecular weight is 288 g/mol. The van der Waals surface area contributed by atoms with Gasteiger partial charge >= 0.3 is 0 Å². The van der Waals surface area contributed by atoms with Gasteiger partial charge in [0.05, 0.1) is 0 Å². The maximum atomic E-state index is 6.15. The number of hydrogen-bond acceptors (Lipinski definition) is 4. The molecule has 1 N–H and O–H groups in total. The molecule has 3 aromatic rings. The first-order valence-corrected chi connectivity index (χ1v) is 6.65. The molecule has 0 amide bonds. The normalized spacial score (nSPS) is 11.0. The molecule has 0 spiro atoms. The van der Waals surface area contributed by atoms with Crippen LogP contribution >= 0.6 is 11.6 Å². The van der Waals surface area contributed by atoms with Crippen molar-refractivity contribution in [2.75, 3.05) is 5.32 Å². The zero-order valence-corrected chi connectivity index (χ0v) is 12.2. The van der Waals surface area contributed by atoms with E-state index in [1.165, 1.54) is 0 Å². The van der Waals surface area contributed by atoms with E-state index in [4.69, 9.17) is 11.6 Å². The molecule has 3 rings (SSSR count). The second-order valence-corrected chi connectivity index (χ2v) is 5.15. The van der Waals surface area contributed by atoms with Crippen molar-refractivity contribution < 1.29 is 0 Å². The molecule has 0 saturated carbocycles. The molecule has 0 fully saturated rings. The van der Waals surface area contributed by atoms with Crippen LogP contribution in [0.15, 0.2) is 24.3 Å². The van der Waals surface area contributed by atoms with Crippen molar-refractivity contribution in [2.24, 2.45) is 0 Å². The van der Waals surface area contributed by atoms with Gasteiger partial charge in [0.2, 0.25) is 0 Å². The van der Waals surface area contributed by atoms with Crippen LogP contribution in [0.2, 0.25) is 5.02 Å². The van der Waals surface area contributed by atoms with E-state index < -0.39 is 0 Å². The SMILES string of the molecule is Cc1cc(Nc2ccc(C)c(Cl)c2)n2nc(C)nc2n1. The van der Waals surface area contributed by atoms with Gasteiger partial charge in [0.25, 0.3) is 5.78 Å². The molecule has 2 heterocycles. The van der Waals surface area contributed by atoms with Gasteiger partial charge in [-0.15, -0.1) is 5.10 Å². The summed E-state index contributed by atoms with van der Waals surface area (Å²) in [5.74, 6) is 2.09. The number of fused-ring (bicyclic) bond motifs is 1. The Bertz CT molecular complexity index is 794. The Hall–Kier alpha value is -2.14. The molecule has 0 aliphatic carbocycles. The maximum Gasteiger partial charge on any atom is 0.254 e. The molecule has 2 aromatic heterocycles. The lowest BCUT2D eigenvalue weighted by Gasteiger charge is -2.09. The molecule has 20 heavy (non-hydrogen) atoms. The van der Waals surface area contributed by atoms with Crippen molar-refractivity contribution >= 4 is 28.9 Å². The van der Waals surface area contributed by atoms with Crippen LogP contribution in [0, 0.1) is 20.8 Å². The van der Waals surface area contributed by atoms with Crippen molar-refractivity contribution in [1.82, 2.24) is 19.6 Å². The van der Waals surface area contributed by atoms with E-state index in [0.717, 1.165) is 27.8 Å². The van der Waals surface area contributed by atoms with Crippen molar-refractivity contribution in [2.45, 2.75) is 20.8 Å². The smallest absolute Gasteiger partial charge is 0.254 e. The number of aryl methyl sites for hydroxylation is 3. The first-order chi connectivity index (χ1) is 9.52. The molecule has 0 aliphatic heterocycles. The van der Waals surface area contributed by atoms with Crippen molar-refractivity contribution in [3.63, 3.8) is 0 Å². The summed E-state index contributed by atoms with van der Waals surface area (Å²) in [6, 6.07) is 7.77. The fourth-order valence-corrected chi connectivity index (χ4v) is 2.17. The summed E-state index contributed by atoms with van der Waals surface area (Å²) in [6.45, 7) is 5.75. The Kier molecular flexibility index (Phi) is 3.06. The number of anilines is 2. The van der Waals surface area contributed by atoms with Crippen LogP contribution in [-0.2, 0) is 0 Å². The first-order valence-electron chi connectivity index (χ1n) is 6.27. The lowest BCUT2D eigenvalue weighted by molar-refractivity contribution is 0.917. The Morgan fingerprint density at radius 3 is 2.65 bits per heavy atom. The van der Waals surface area contributed by atoms with Crippen LogP contribution in [0.4, 0.5) is 11.5 Å². The highest BCUT2D eigenvalue weighted by molar-refractivity contribution is 6.31. The fourth-order valence-electron chi connectivity index (χ4n) is 1.99. The summed E-state index contributed by atoms with van der Waals surface area (Å²) in [7, 11) is 0. The highest BCUT2D eigenvalue weighted by Crippen LogP contribution is 2.23. The van der Waals surface area contributed by atoms with Gasteiger partial charge in [-0.05, 0) is 38.5 Å². The van der Waals surface area contributed by atoms with Gasteiger partial charge in [-0.1, -0.05) is 17.7 Å². The van der Waals surface area contributed by atoms with Crippen molar-refractivity contribution in [1.29, 1.82) is 0 Å². The van der Waals surface area contributed by atoms with E-state index in [1.807, 2.05) is 45.0 Å². The van der Waals surface area contributed by atoms with Gasteiger partial charge in [-0.3, -0.25) is 0 Å². The molecule has 5 nitrogen and oxygen atoms in total. The summed E-state index contributed by atoms with van der Waals surface area (Å²) < 4.78 is 1.69. The van der Waals surface area contributed by atoms with Crippen LogP contribution in [0.1, 0.15) is 17.1 Å². The third-order valence-electron chi connectivity index (χ3n) is 2.99. The summed E-state index contributed by atoms with van der Waals surface area (Å²) in [5.41, 5.74) is 2.83. The van der Waals surface area contributed by atoms with Gasteiger partial charge in [-0.25, -0.2) is 4.98 Å². The topological polar surface area (TPSA) is 55.1 Å². The van der Waals surface area contributed by atoms with E-state index in [0.29, 0.717) is 11.6 Å². The number of hydrogen-bond donors (Lipinski definition) is 1. The molecule has 6 heteroatoms. The van der Waals surface area contributed by atoms with E-state index in [-0.39, 0.29) is 0 Å². The minimum Gasteiger partial charge on any atom is -0.340 e. The molecule has 0 bridgehead atoms. The molecular formula is C14H14ClN5. The van der Waals surface area contributed by atoms with Crippen LogP contribution in [0.3, 0.4) is 0 Å². The lowest BCUT2D eigenvalue weighted by atomic mass is 10.2. The second-order valence-electron chi connectivity index (χ2n) is 4.74. The first kappa shape index (κ1) is 12.9. The molecule has 0 atom stereocenters. The predicted molar refractivity (Wildman–Crippen MR) is 79.7 cm³/mol. The van der Waals surface area contributed by atoms with E-state index >= 15 is 0 Å². The minimum absolute atomic E-state index is 0.586. The van der Waals surface area contributed by atoms with E-state index in [2.05, 4.69) is 20.4 Å². The van der Waals surface area contributed by atoms with Gasteiger partial charge < -0.3 is 5.32 Å².